The van der Waals surface area contributed by atoms with Crippen molar-refractivity contribution in [3.63, 3.8) is 0 Å². The lowest BCUT2D eigenvalue weighted by molar-refractivity contribution is -0.0288. The molecule has 2 saturated heterocycles. The van der Waals surface area contributed by atoms with E-state index in [-0.39, 0.29) is 41.7 Å². The summed E-state index contributed by atoms with van der Waals surface area (Å²) >= 11 is 0. The highest BCUT2D eigenvalue weighted by atomic mass is 16.6. The average molecular weight is 699 g/mol. The lowest BCUT2D eigenvalue weighted by Crippen LogP contribution is -2.50. The summed E-state index contributed by atoms with van der Waals surface area (Å²) in [5, 5.41) is 0. The zero-order valence-electron chi connectivity index (χ0n) is 34.5. The second-order valence-corrected chi connectivity index (χ2v) is 18.7. The van der Waals surface area contributed by atoms with Crippen molar-refractivity contribution in [2.24, 2.45) is 10.8 Å². The van der Waals surface area contributed by atoms with Gasteiger partial charge in [0.05, 0.1) is 11.2 Å². The maximum absolute atomic E-state index is 7.00. The Labute approximate surface area is 314 Å². The smallest absolute Gasteiger partial charge is 0.407 e. The number of fused-ring (bicyclic) bond motifs is 3. The SMILES string of the molecule is CCCCCCC1(CCCCCC)c2cc(B3OCCCCC(C)(C)C(C)(C)O3)ccc2-c2ccc(B3OCCCCC(C)(C)C(C)(C)O3)cc21. The van der Waals surface area contributed by atoms with E-state index in [2.05, 4.69) is 106 Å². The molecule has 0 radical (unpaired) electrons. The fourth-order valence-electron chi connectivity index (χ4n) is 8.77. The second-order valence-electron chi connectivity index (χ2n) is 18.7. The van der Waals surface area contributed by atoms with Gasteiger partial charge in [-0.15, -0.1) is 0 Å². The van der Waals surface area contributed by atoms with E-state index in [0.717, 1.165) is 75.5 Å². The minimum absolute atomic E-state index is 0.0502. The van der Waals surface area contributed by atoms with Crippen LogP contribution in [0.3, 0.4) is 0 Å². The van der Waals surface area contributed by atoms with Crippen LogP contribution in [0.5, 0.6) is 0 Å². The molecule has 1 aliphatic carbocycles. The van der Waals surface area contributed by atoms with Crippen LogP contribution in [0.25, 0.3) is 11.1 Å². The first-order valence-electron chi connectivity index (χ1n) is 21.1. The highest BCUT2D eigenvalue weighted by Gasteiger charge is 2.47. The van der Waals surface area contributed by atoms with E-state index < -0.39 is 0 Å². The molecular weight excluding hydrogens is 626 g/mol. The summed E-state index contributed by atoms with van der Waals surface area (Å²) < 4.78 is 27.2. The summed E-state index contributed by atoms with van der Waals surface area (Å²) in [6.07, 6.45) is 19.1. The molecule has 4 nitrogen and oxygen atoms in total. The maximum Gasteiger partial charge on any atom is 0.494 e. The van der Waals surface area contributed by atoms with Gasteiger partial charge in [-0.1, -0.05) is 142 Å². The van der Waals surface area contributed by atoms with Gasteiger partial charge in [0.15, 0.2) is 0 Å². The van der Waals surface area contributed by atoms with Crippen LogP contribution >= 0.6 is 0 Å². The van der Waals surface area contributed by atoms with Gasteiger partial charge in [-0.3, -0.25) is 0 Å². The predicted octanol–water partition coefficient (Wildman–Crippen LogP) is 11.3. The zero-order chi connectivity index (χ0) is 36.9. The van der Waals surface area contributed by atoms with E-state index in [1.807, 2.05) is 0 Å². The predicted molar refractivity (Wildman–Crippen MR) is 218 cm³/mol. The lowest BCUT2D eigenvalue weighted by atomic mass is 9.66. The molecule has 3 aliphatic rings. The van der Waals surface area contributed by atoms with E-state index in [1.54, 1.807) is 0 Å². The van der Waals surface area contributed by atoms with Crippen molar-refractivity contribution >= 4 is 25.2 Å². The van der Waals surface area contributed by atoms with Gasteiger partial charge < -0.3 is 18.6 Å². The van der Waals surface area contributed by atoms with Crippen molar-refractivity contribution in [1.82, 2.24) is 0 Å². The molecule has 2 heterocycles. The molecule has 0 unspecified atom stereocenters. The van der Waals surface area contributed by atoms with Crippen LogP contribution < -0.4 is 10.9 Å². The third kappa shape index (κ3) is 8.87. The number of rotatable bonds is 12. The number of benzene rings is 2. The van der Waals surface area contributed by atoms with Gasteiger partial charge in [-0.2, -0.15) is 0 Å². The quantitative estimate of drug-likeness (QED) is 0.163. The molecule has 2 aromatic rings. The van der Waals surface area contributed by atoms with Crippen molar-refractivity contribution in [2.75, 3.05) is 13.2 Å². The Hall–Kier alpha value is -1.59. The fraction of sp³-hybridized carbons (Fsp3) is 0.733. The maximum atomic E-state index is 7.00. The van der Waals surface area contributed by atoms with Gasteiger partial charge in [0.2, 0.25) is 0 Å². The molecule has 0 bridgehead atoms. The Kier molecular flexibility index (Phi) is 13.4. The van der Waals surface area contributed by atoms with Gasteiger partial charge in [0.1, 0.15) is 0 Å². The molecule has 0 spiro atoms. The van der Waals surface area contributed by atoms with Crippen molar-refractivity contribution in [3.8, 4) is 11.1 Å². The summed E-state index contributed by atoms with van der Waals surface area (Å²) in [7, 11) is -0.767. The van der Waals surface area contributed by atoms with Crippen LogP contribution in [-0.4, -0.2) is 38.7 Å². The fourth-order valence-corrected chi connectivity index (χ4v) is 8.77. The third-order valence-corrected chi connectivity index (χ3v) is 13.9. The molecular formula is C45H72B2O4. The summed E-state index contributed by atoms with van der Waals surface area (Å²) in [4.78, 5) is 0. The molecule has 0 amide bonds. The van der Waals surface area contributed by atoms with Crippen LogP contribution in [0.15, 0.2) is 36.4 Å². The van der Waals surface area contributed by atoms with Gasteiger partial charge in [0.25, 0.3) is 0 Å². The summed E-state index contributed by atoms with van der Waals surface area (Å²) in [6, 6.07) is 14.4. The number of hydrogen-bond donors (Lipinski definition) is 0. The van der Waals surface area contributed by atoms with Gasteiger partial charge in [-0.05, 0) is 110 Å². The third-order valence-electron chi connectivity index (χ3n) is 13.9. The minimum Gasteiger partial charge on any atom is -0.407 e. The molecule has 0 aromatic heterocycles. The first-order chi connectivity index (χ1) is 24.2. The van der Waals surface area contributed by atoms with Crippen molar-refractivity contribution in [1.29, 1.82) is 0 Å². The first-order valence-corrected chi connectivity index (χ1v) is 21.1. The summed E-state index contributed by atoms with van der Waals surface area (Å²) in [5.74, 6) is 0. The molecule has 51 heavy (non-hydrogen) atoms. The lowest BCUT2D eigenvalue weighted by Gasteiger charge is -2.43. The Morgan fingerprint density at radius 2 is 0.941 bits per heavy atom. The minimum atomic E-state index is -0.383. The zero-order valence-corrected chi connectivity index (χ0v) is 34.5. The van der Waals surface area contributed by atoms with E-state index in [1.165, 1.54) is 73.6 Å². The Morgan fingerprint density at radius 3 is 1.33 bits per heavy atom. The molecule has 0 saturated carbocycles. The molecule has 282 valence electrons. The number of unbranched alkanes of at least 4 members (excludes halogenated alkanes) is 6. The molecule has 2 aromatic carbocycles. The van der Waals surface area contributed by atoms with E-state index in [9.17, 15) is 0 Å². The van der Waals surface area contributed by atoms with Crippen molar-refractivity contribution in [2.45, 2.75) is 189 Å². The molecule has 2 fully saturated rings. The number of hydrogen-bond acceptors (Lipinski definition) is 4. The topological polar surface area (TPSA) is 36.9 Å². The highest BCUT2D eigenvalue weighted by molar-refractivity contribution is 6.62. The van der Waals surface area contributed by atoms with Gasteiger partial charge >= 0.3 is 14.2 Å². The molecule has 0 N–H and O–H groups in total. The monoisotopic (exact) mass is 699 g/mol. The molecule has 5 rings (SSSR count). The summed E-state index contributed by atoms with van der Waals surface area (Å²) in [5.41, 5.74) is 7.41. The largest absolute Gasteiger partial charge is 0.494 e. The molecule has 0 atom stereocenters. The van der Waals surface area contributed by atoms with Crippen LogP contribution in [0, 0.1) is 10.8 Å². The van der Waals surface area contributed by atoms with Crippen LogP contribution in [-0.2, 0) is 24.0 Å². The van der Waals surface area contributed by atoms with Crippen molar-refractivity contribution in [3.05, 3.63) is 47.5 Å². The normalized spacial score (nSPS) is 22.5. The molecule has 2 aliphatic heterocycles. The summed E-state index contributed by atoms with van der Waals surface area (Å²) in [6.45, 7) is 24.6. The van der Waals surface area contributed by atoms with Gasteiger partial charge in [-0.25, -0.2) is 0 Å². The second kappa shape index (κ2) is 16.8. The Balaban J connectivity index is 1.61. The highest BCUT2D eigenvalue weighted by Crippen LogP contribution is 2.54. The molecule has 6 heteroatoms. The Bertz CT molecular complexity index is 1320. The van der Waals surface area contributed by atoms with E-state index in [0.29, 0.717) is 0 Å². The van der Waals surface area contributed by atoms with E-state index >= 15 is 0 Å². The first kappa shape index (κ1) is 40.6. The van der Waals surface area contributed by atoms with Crippen LogP contribution in [0.4, 0.5) is 0 Å². The van der Waals surface area contributed by atoms with Crippen LogP contribution in [0.1, 0.15) is 183 Å². The Morgan fingerprint density at radius 1 is 0.529 bits per heavy atom. The average Bonchev–Trinajstić information content (AvgIpc) is 3.38. The van der Waals surface area contributed by atoms with Crippen molar-refractivity contribution < 1.29 is 18.6 Å². The van der Waals surface area contributed by atoms with Crippen LogP contribution in [0.2, 0.25) is 0 Å². The standard InChI is InChI=1S/C45H72B2O4/c1-11-13-15-17-29-45(30-18-16-14-12-2)39-33-35(46-48-31-21-19-27-41(3,4)43(7,8)50-46)23-25-37(39)38-26-24-36(34-40(38)45)47-49-32-22-20-28-42(5,6)44(9,10)51-47/h23-26,33-34H,11-22,27-32H2,1-10H3. The van der Waals surface area contributed by atoms with Gasteiger partial charge in [0, 0.05) is 18.6 Å². The van der Waals surface area contributed by atoms with E-state index in [4.69, 9.17) is 18.6 Å².